The fraction of sp³-hybridized carbons (Fsp3) is 0.364. The average Bonchev–Trinajstić information content (AvgIpc) is 2.34. The third-order valence-corrected chi connectivity index (χ3v) is 2.23. The van der Waals surface area contributed by atoms with E-state index in [1.54, 1.807) is 0 Å². The van der Waals surface area contributed by atoms with Gasteiger partial charge in [-0.15, -0.1) is 0 Å². The molecule has 0 fully saturated rings. The van der Waals surface area contributed by atoms with Crippen LogP contribution in [0.2, 0.25) is 0 Å². The smallest absolute Gasteiger partial charge is 0.406 e. The quantitative estimate of drug-likeness (QED) is 0.910. The van der Waals surface area contributed by atoms with Gasteiger partial charge in [0.05, 0.1) is 0 Å². The molecular formula is C11H11F3N2O3. The van der Waals surface area contributed by atoms with Gasteiger partial charge >= 0.3 is 12.1 Å². The minimum absolute atomic E-state index is 0.155. The molecule has 19 heavy (non-hydrogen) atoms. The lowest BCUT2D eigenvalue weighted by atomic mass is 10.2. The summed E-state index contributed by atoms with van der Waals surface area (Å²) in [5.41, 5.74) is -0.722. The van der Waals surface area contributed by atoms with E-state index in [1.165, 1.54) is 19.1 Å². The second-order valence-electron chi connectivity index (χ2n) is 3.65. The maximum absolute atomic E-state index is 12.3. The van der Waals surface area contributed by atoms with Crippen LogP contribution >= 0.6 is 0 Å². The van der Waals surface area contributed by atoms with Crippen LogP contribution in [0.15, 0.2) is 18.2 Å². The van der Waals surface area contributed by atoms with Crippen molar-refractivity contribution in [2.75, 3.05) is 13.1 Å². The number of hydrogen-bond acceptors (Lipinski definition) is 3. The van der Waals surface area contributed by atoms with E-state index in [0.29, 0.717) is 4.90 Å². The number of halogens is 3. The maximum Gasteiger partial charge on any atom is 0.406 e. The Kier molecular flexibility index (Phi) is 4.47. The third kappa shape index (κ3) is 4.23. The Hall–Kier alpha value is -2.12. The van der Waals surface area contributed by atoms with Gasteiger partial charge in [-0.1, -0.05) is 6.07 Å². The molecule has 1 rings (SSSR count). The van der Waals surface area contributed by atoms with Crippen molar-refractivity contribution >= 4 is 11.9 Å². The van der Waals surface area contributed by atoms with E-state index in [9.17, 15) is 22.8 Å². The molecule has 5 nitrogen and oxygen atoms in total. The summed E-state index contributed by atoms with van der Waals surface area (Å²) >= 11 is 0. The van der Waals surface area contributed by atoms with E-state index in [2.05, 4.69) is 4.98 Å². The number of aromatic carboxylic acids is 1. The Morgan fingerprint density at radius 3 is 2.37 bits per heavy atom. The van der Waals surface area contributed by atoms with Gasteiger partial charge in [-0.25, -0.2) is 9.78 Å². The van der Waals surface area contributed by atoms with Crippen molar-refractivity contribution in [2.45, 2.75) is 13.1 Å². The summed E-state index contributed by atoms with van der Waals surface area (Å²) in [5, 5.41) is 8.71. The van der Waals surface area contributed by atoms with Crippen LogP contribution in [0.3, 0.4) is 0 Å². The van der Waals surface area contributed by atoms with Gasteiger partial charge in [0.15, 0.2) is 0 Å². The zero-order valence-corrected chi connectivity index (χ0v) is 9.94. The summed E-state index contributed by atoms with van der Waals surface area (Å²) in [6.07, 6.45) is -4.52. The summed E-state index contributed by atoms with van der Waals surface area (Å²) < 4.78 is 36.8. The third-order valence-electron chi connectivity index (χ3n) is 2.23. The minimum Gasteiger partial charge on any atom is -0.477 e. The number of aromatic nitrogens is 1. The van der Waals surface area contributed by atoms with E-state index in [-0.39, 0.29) is 12.2 Å². The Morgan fingerprint density at radius 2 is 1.89 bits per heavy atom. The van der Waals surface area contributed by atoms with Gasteiger partial charge < -0.3 is 10.0 Å². The van der Waals surface area contributed by atoms with Gasteiger partial charge in [0.2, 0.25) is 0 Å². The van der Waals surface area contributed by atoms with Crippen molar-refractivity contribution in [3.63, 3.8) is 0 Å². The van der Waals surface area contributed by atoms with Gasteiger partial charge in [-0.2, -0.15) is 13.2 Å². The highest BCUT2D eigenvalue weighted by atomic mass is 19.4. The molecule has 0 aliphatic heterocycles. The van der Waals surface area contributed by atoms with E-state index in [0.717, 1.165) is 6.07 Å². The fourth-order valence-corrected chi connectivity index (χ4v) is 1.38. The van der Waals surface area contributed by atoms with Crippen molar-refractivity contribution in [1.29, 1.82) is 0 Å². The number of rotatable bonds is 4. The second kappa shape index (κ2) is 5.68. The Labute approximate surface area is 106 Å². The van der Waals surface area contributed by atoms with Gasteiger partial charge in [-0.3, -0.25) is 4.79 Å². The molecule has 1 heterocycles. The standard InChI is InChI=1S/C11H11F3N2O3/c1-2-16(6-11(12,13)14)9(17)7-4-3-5-8(15-7)10(18)19/h3-5H,2,6H2,1H3,(H,18,19). The molecular weight excluding hydrogens is 265 g/mol. The van der Waals surface area contributed by atoms with Gasteiger partial charge in [0, 0.05) is 6.54 Å². The van der Waals surface area contributed by atoms with Crippen LogP contribution in [0.4, 0.5) is 13.2 Å². The predicted octanol–water partition coefficient (Wildman–Crippen LogP) is 1.80. The number of pyridine rings is 1. The van der Waals surface area contributed by atoms with Crippen molar-refractivity contribution in [3.8, 4) is 0 Å². The van der Waals surface area contributed by atoms with E-state index >= 15 is 0 Å². The van der Waals surface area contributed by atoms with Gasteiger partial charge in [0.25, 0.3) is 5.91 Å². The number of amides is 1. The second-order valence-corrected chi connectivity index (χ2v) is 3.65. The molecule has 1 aromatic heterocycles. The molecule has 0 atom stereocenters. The Balaban J connectivity index is 2.97. The van der Waals surface area contributed by atoms with Crippen LogP contribution in [0, 0.1) is 0 Å². The highest BCUT2D eigenvalue weighted by molar-refractivity contribution is 5.94. The predicted molar refractivity (Wildman–Crippen MR) is 58.8 cm³/mol. The summed E-state index contributed by atoms with van der Waals surface area (Å²) in [6, 6.07) is 3.58. The lowest BCUT2D eigenvalue weighted by Gasteiger charge is -2.21. The van der Waals surface area contributed by atoms with E-state index < -0.39 is 30.3 Å². The lowest BCUT2D eigenvalue weighted by molar-refractivity contribution is -0.140. The lowest BCUT2D eigenvalue weighted by Crippen LogP contribution is -2.39. The van der Waals surface area contributed by atoms with E-state index in [4.69, 9.17) is 5.11 Å². The van der Waals surface area contributed by atoms with Crippen LogP contribution in [0.25, 0.3) is 0 Å². The van der Waals surface area contributed by atoms with Crippen LogP contribution in [-0.4, -0.2) is 46.1 Å². The molecule has 0 radical (unpaired) electrons. The summed E-state index contributed by atoms with van der Waals surface area (Å²) in [6.45, 7) is -0.163. The average molecular weight is 276 g/mol. The summed E-state index contributed by atoms with van der Waals surface area (Å²) in [5.74, 6) is -2.31. The normalized spacial score (nSPS) is 11.2. The Morgan fingerprint density at radius 1 is 1.32 bits per heavy atom. The van der Waals surface area contributed by atoms with Crippen molar-refractivity contribution < 1.29 is 27.9 Å². The van der Waals surface area contributed by atoms with Crippen molar-refractivity contribution in [3.05, 3.63) is 29.6 Å². The monoisotopic (exact) mass is 276 g/mol. The van der Waals surface area contributed by atoms with Crippen LogP contribution < -0.4 is 0 Å². The highest BCUT2D eigenvalue weighted by Crippen LogP contribution is 2.17. The fourth-order valence-electron chi connectivity index (χ4n) is 1.38. The first-order valence-electron chi connectivity index (χ1n) is 5.31. The largest absolute Gasteiger partial charge is 0.477 e. The number of nitrogens with zero attached hydrogens (tertiary/aromatic N) is 2. The number of carboxylic acids is 1. The highest BCUT2D eigenvalue weighted by Gasteiger charge is 2.33. The molecule has 0 unspecified atom stereocenters. The molecule has 1 aromatic rings. The first kappa shape index (κ1) is 14.9. The molecule has 8 heteroatoms. The zero-order valence-electron chi connectivity index (χ0n) is 9.94. The SMILES string of the molecule is CCN(CC(F)(F)F)C(=O)c1cccc(C(=O)O)n1. The number of alkyl halides is 3. The molecule has 0 bridgehead atoms. The minimum atomic E-state index is -4.52. The number of carboxylic acid groups (broad SMARTS) is 1. The zero-order chi connectivity index (χ0) is 14.6. The molecule has 1 N–H and O–H groups in total. The first-order valence-corrected chi connectivity index (χ1v) is 5.31. The Bertz CT molecular complexity index is 488. The molecule has 0 aliphatic carbocycles. The number of carbonyl (C=O) groups is 2. The van der Waals surface area contributed by atoms with Gasteiger partial charge in [0.1, 0.15) is 17.9 Å². The number of carbonyl (C=O) groups excluding carboxylic acids is 1. The molecule has 0 saturated carbocycles. The molecule has 0 saturated heterocycles. The van der Waals surface area contributed by atoms with Crippen molar-refractivity contribution in [1.82, 2.24) is 9.88 Å². The van der Waals surface area contributed by atoms with Crippen LogP contribution in [-0.2, 0) is 0 Å². The first-order chi connectivity index (χ1) is 8.74. The maximum atomic E-state index is 12.3. The molecule has 104 valence electrons. The van der Waals surface area contributed by atoms with E-state index in [1.807, 2.05) is 0 Å². The molecule has 0 spiro atoms. The topological polar surface area (TPSA) is 70.5 Å². The molecule has 0 aliphatic rings. The van der Waals surface area contributed by atoms with Crippen LogP contribution in [0.1, 0.15) is 27.9 Å². The van der Waals surface area contributed by atoms with Crippen molar-refractivity contribution in [2.24, 2.45) is 0 Å². The summed E-state index contributed by atoms with van der Waals surface area (Å²) in [4.78, 5) is 26.5. The summed E-state index contributed by atoms with van der Waals surface area (Å²) in [7, 11) is 0. The van der Waals surface area contributed by atoms with Gasteiger partial charge in [-0.05, 0) is 19.1 Å². The number of hydrogen-bond donors (Lipinski definition) is 1. The van der Waals surface area contributed by atoms with Crippen LogP contribution in [0.5, 0.6) is 0 Å². The molecule has 1 amide bonds. The molecule has 0 aromatic carbocycles.